The molecular formula is C17H13Cl2N7. The van der Waals surface area contributed by atoms with E-state index in [1.54, 1.807) is 35.1 Å². The van der Waals surface area contributed by atoms with E-state index < -0.39 is 0 Å². The van der Waals surface area contributed by atoms with Crippen LogP contribution in [0.1, 0.15) is 5.56 Å². The number of para-hydroxylation sites is 1. The van der Waals surface area contributed by atoms with Crippen molar-refractivity contribution in [1.29, 1.82) is 0 Å². The van der Waals surface area contributed by atoms with Crippen LogP contribution < -0.4 is 11.1 Å². The second kappa shape index (κ2) is 6.44. The SMILES string of the molecule is Cc1cnc(Nc2cc(N)ncn2)c2cn(-c3c(Cl)cccc3Cl)nc12. The van der Waals surface area contributed by atoms with Crippen molar-refractivity contribution in [2.75, 3.05) is 11.1 Å². The number of aryl methyl sites for hydroxylation is 1. The average molecular weight is 386 g/mol. The molecule has 3 aromatic heterocycles. The quantitative estimate of drug-likeness (QED) is 0.549. The Morgan fingerprint density at radius 2 is 1.88 bits per heavy atom. The standard InChI is InChI=1S/C17H13Cl2N7/c1-9-6-21-17(24-14-5-13(20)22-8-23-14)10-7-26(25-15(9)10)16-11(18)3-2-4-12(16)19/h2-8H,1H3,(H3,20,21,22,23,24). The van der Waals surface area contributed by atoms with Crippen LogP contribution in [0.3, 0.4) is 0 Å². The highest BCUT2D eigenvalue weighted by Gasteiger charge is 2.15. The minimum Gasteiger partial charge on any atom is -0.384 e. The lowest BCUT2D eigenvalue weighted by atomic mass is 10.2. The summed E-state index contributed by atoms with van der Waals surface area (Å²) in [6, 6.07) is 6.95. The van der Waals surface area contributed by atoms with Crippen molar-refractivity contribution in [2.24, 2.45) is 0 Å². The van der Waals surface area contributed by atoms with E-state index in [2.05, 4.69) is 25.4 Å². The van der Waals surface area contributed by atoms with Gasteiger partial charge in [-0.05, 0) is 24.6 Å². The molecule has 3 heterocycles. The number of aromatic nitrogens is 5. The minimum absolute atomic E-state index is 0.365. The molecule has 4 aromatic rings. The van der Waals surface area contributed by atoms with E-state index in [1.807, 2.05) is 13.1 Å². The van der Waals surface area contributed by atoms with E-state index in [-0.39, 0.29) is 0 Å². The summed E-state index contributed by atoms with van der Waals surface area (Å²) < 4.78 is 1.66. The second-order valence-corrected chi connectivity index (χ2v) is 6.46. The van der Waals surface area contributed by atoms with E-state index in [9.17, 15) is 0 Å². The van der Waals surface area contributed by atoms with Gasteiger partial charge in [0, 0.05) is 18.5 Å². The first-order chi connectivity index (χ1) is 12.5. The lowest BCUT2D eigenvalue weighted by Crippen LogP contribution is -1.99. The monoisotopic (exact) mass is 385 g/mol. The normalized spacial score (nSPS) is 11.0. The Labute approximate surface area is 158 Å². The number of rotatable bonds is 3. The zero-order valence-corrected chi connectivity index (χ0v) is 15.1. The number of nitrogen functional groups attached to an aromatic ring is 1. The van der Waals surface area contributed by atoms with Gasteiger partial charge in [0.15, 0.2) is 0 Å². The molecule has 0 aliphatic carbocycles. The molecule has 0 fully saturated rings. The predicted octanol–water partition coefficient (Wildman–Crippen LogP) is 4.15. The highest BCUT2D eigenvalue weighted by atomic mass is 35.5. The number of nitrogens with two attached hydrogens (primary N) is 1. The van der Waals surface area contributed by atoms with Gasteiger partial charge in [0.25, 0.3) is 0 Å². The van der Waals surface area contributed by atoms with Gasteiger partial charge in [-0.2, -0.15) is 5.10 Å². The summed E-state index contributed by atoms with van der Waals surface area (Å²) in [6.45, 7) is 1.94. The number of anilines is 3. The van der Waals surface area contributed by atoms with Crippen molar-refractivity contribution in [3.8, 4) is 5.69 Å². The Morgan fingerprint density at radius 3 is 2.62 bits per heavy atom. The van der Waals surface area contributed by atoms with Gasteiger partial charge < -0.3 is 11.1 Å². The van der Waals surface area contributed by atoms with E-state index >= 15 is 0 Å². The van der Waals surface area contributed by atoms with Gasteiger partial charge in [-0.3, -0.25) is 0 Å². The molecule has 0 saturated carbocycles. The van der Waals surface area contributed by atoms with Crippen LogP contribution >= 0.6 is 23.2 Å². The Hall–Kier alpha value is -2.90. The van der Waals surface area contributed by atoms with Gasteiger partial charge >= 0.3 is 0 Å². The van der Waals surface area contributed by atoms with Crippen LogP contribution in [0, 0.1) is 6.92 Å². The molecular weight excluding hydrogens is 373 g/mol. The highest BCUT2D eigenvalue weighted by molar-refractivity contribution is 6.37. The van der Waals surface area contributed by atoms with Crippen LogP contribution in [0.25, 0.3) is 16.6 Å². The molecule has 0 saturated heterocycles. The van der Waals surface area contributed by atoms with Crippen molar-refractivity contribution in [1.82, 2.24) is 24.7 Å². The zero-order chi connectivity index (χ0) is 18.3. The van der Waals surface area contributed by atoms with Crippen LogP contribution in [-0.2, 0) is 0 Å². The summed E-state index contributed by atoms with van der Waals surface area (Å²) in [6.07, 6.45) is 4.95. The van der Waals surface area contributed by atoms with Crippen LogP contribution in [-0.4, -0.2) is 24.7 Å². The van der Waals surface area contributed by atoms with Crippen LogP contribution in [0.2, 0.25) is 10.0 Å². The number of hydrogen-bond donors (Lipinski definition) is 2. The van der Waals surface area contributed by atoms with Crippen molar-refractivity contribution in [2.45, 2.75) is 6.92 Å². The Kier molecular flexibility index (Phi) is 4.10. The lowest BCUT2D eigenvalue weighted by molar-refractivity contribution is 0.895. The summed E-state index contributed by atoms with van der Waals surface area (Å²) in [5, 5.41) is 9.60. The average Bonchev–Trinajstić information content (AvgIpc) is 3.03. The number of fused-ring (bicyclic) bond motifs is 1. The third kappa shape index (κ3) is 2.91. The summed E-state index contributed by atoms with van der Waals surface area (Å²) in [5.41, 5.74) is 8.02. The van der Waals surface area contributed by atoms with Gasteiger partial charge in [-0.15, -0.1) is 0 Å². The third-order valence-corrected chi connectivity index (χ3v) is 4.44. The Balaban J connectivity index is 1.86. The molecule has 0 unspecified atom stereocenters. The first-order valence-corrected chi connectivity index (χ1v) is 8.42. The third-order valence-electron chi connectivity index (χ3n) is 3.83. The van der Waals surface area contributed by atoms with Gasteiger partial charge in [0.1, 0.15) is 35.0 Å². The van der Waals surface area contributed by atoms with Crippen molar-refractivity contribution in [3.63, 3.8) is 0 Å². The molecule has 26 heavy (non-hydrogen) atoms. The Morgan fingerprint density at radius 1 is 1.12 bits per heavy atom. The van der Waals surface area contributed by atoms with E-state index in [4.69, 9.17) is 28.9 Å². The maximum atomic E-state index is 6.31. The number of nitrogens with one attached hydrogen (secondary N) is 1. The van der Waals surface area contributed by atoms with E-state index in [0.29, 0.717) is 33.2 Å². The first kappa shape index (κ1) is 16.6. The highest BCUT2D eigenvalue weighted by Crippen LogP contribution is 2.32. The first-order valence-electron chi connectivity index (χ1n) is 7.67. The molecule has 9 heteroatoms. The van der Waals surface area contributed by atoms with Gasteiger partial charge in [-0.25, -0.2) is 19.6 Å². The van der Waals surface area contributed by atoms with Crippen LogP contribution in [0.4, 0.5) is 17.5 Å². The summed E-state index contributed by atoms with van der Waals surface area (Å²) in [7, 11) is 0. The summed E-state index contributed by atoms with van der Waals surface area (Å²) in [4.78, 5) is 12.5. The molecule has 7 nitrogen and oxygen atoms in total. The molecule has 0 bridgehead atoms. The smallest absolute Gasteiger partial charge is 0.142 e. The van der Waals surface area contributed by atoms with Crippen molar-refractivity contribution >= 4 is 51.6 Å². The fourth-order valence-corrected chi connectivity index (χ4v) is 3.19. The van der Waals surface area contributed by atoms with Crippen LogP contribution in [0.15, 0.2) is 43.0 Å². The van der Waals surface area contributed by atoms with Crippen molar-refractivity contribution < 1.29 is 0 Å². The number of pyridine rings is 1. The molecule has 3 N–H and O–H groups in total. The number of nitrogens with zero attached hydrogens (tertiary/aromatic N) is 5. The molecule has 0 aliphatic heterocycles. The number of halogens is 2. The lowest BCUT2D eigenvalue weighted by Gasteiger charge is -2.06. The van der Waals surface area contributed by atoms with Gasteiger partial charge in [0.05, 0.1) is 15.4 Å². The summed E-state index contributed by atoms with van der Waals surface area (Å²) >= 11 is 12.6. The fraction of sp³-hybridized carbons (Fsp3) is 0.0588. The maximum absolute atomic E-state index is 6.31. The molecule has 0 amide bonds. The molecule has 1 aromatic carbocycles. The van der Waals surface area contributed by atoms with Gasteiger partial charge in [0.2, 0.25) is 0 Å². The molecule has 0 atom stereocenters. The Bertz CT molecular complexity index is 1100. The van der Waals surface area contributed by atoms with E-state index in [1.165, 1.54) is 6.33 Å². The van der Waals surface area contributed by atoms with Gasteiger partial charge in [-0.1, -0.05) is 29.3 Å². The zero-order valence-electron chi connectivity index (χ0n) is 13.6. The largest absolute Gasteiger partial charge is 0.384 e. The molecule has 130 valence electrons. The maximum Gasteiger partial charge on any atom is 0.142 e. The van der Waals surface area contributed by atoms with Crippen molar-refractivity contribution in [3.05, 3.63) is 58.6 Å². The number of hydrogen-bond acceptors (Lipinski definition) is 6. The molecule has 0 radical (unpaired) electrons. The van der Waals surface area contributed by atoms with Crippen LogP contribution in [0.5, 0.6) is 0 Å². The second-order valence-electron chi connectivity index (χ2n) is 5.65. The fourth-order valence-electron chi connectivity index (χ4n) is 2.61. The molecule has 0 spiro atoms. The minimum atomic E-state index is 0.365. The molecule has 0 aliphatic rings. The van der Waals surface area contributed by atoms with E-state index in [0.717, 1.165) is 16.5 Å². The molecule has 4 rings (SSSR count). The topological polar surface area (TPSA) is 94.5 Å². The number of benzene rings is 1. The predicted molar refractivity (Wildman–Crippen MR) is 103 cm³/mol. The summed E-state index contributed by atoms with van der Waals surface area (Å²) in [5.74, 6) is 1.50.